The van der Waals surface area contributed by atoms with E-state index < -0.39 is 41.0 Å². The van der Waals surface area contributed by atoms with Gasteiger partial charge in [0.2, 0.25) is 5.88 Å². The predicted molar refractivity (Wildman–Crippen MR) is 242 cm³/mol. The number of fused-ring (bicyclic) bond motifs is 3. The quantitative estimate of drug-likeness (QED) is 0.0869. The van der Waals surface area contributed by atoms with Gasteiger partial charge in [0.05, 0.1) is 48.5 Å². The smallest absolute Gasteiger partial charge is 0.471 e. The molecule has 67 heavy (non-hydrogen) atoms. The fourth-order valence-electron chi connectivity index (χ4n) is 9.62. The van der Waals surface area contributed by atoms with Crippen molar-refractivity contribution in [1.82, 2.24) is 34.5 Å². The molecule has 4 saturated heterocycles. The van der Waals surface area contributed by atoms with E-state index in [9.17, 15) is 14.0 Å². The van der Waals surface area contributed by atoms with Crippen LogP contribution in [-0.2, 0) is 34.8 Å². The number of alkyl halides is 1. The second kappa shape index (κ2) is 20.1. The highest BCUT2D eigenvalue weighted by Gasteiger charge is 2.49. The summed E-state index contributed by atoms with van der Waals surface area (Å²) < 4.78 is 80.2. The number of carbonyl (C=O) groups is 2. The number of carbonyl (C=O) groups excluding carboxylic acids is 2. The van der Waals surface area contributed by atoms with Gasteiger partial charge in [-0.15, -0.1) is 0 Å². The Morgan fingerprint density at radius 2 is 1.84 bits per heavy atom. The van der Waals surface area contributed by atoms with Crippen LogP contribution in [0.4, 0.5) is 18.4 Å². The van der Waals surface area contributed by atoms with Gasteiger partial charge in [0.15, 0.2) is 12.0 Å². The maximum Gasteiger partial charge on any atom is 0.508 e. The lowest BCUT2D eigenvalue weighted by molar-refractivity contribution is -0.105. The Labute approximate surface area is 394 Å². The van der Waals surface area contributed by atoms with Crippen molar-refractivity contribution in [2.45, 2.75) is 128 Å². The lowest BCUT2D eigenvalue weighted by Crippen LogP contribution is -2.49. The first-order valence-electron chi connectivity index (χ1n) is 23.2. The summed E-state index contributed by atoms with van der Waals surface area (Å²) in [7, 11) is 1.51. The summed E-state index contributed by atoms with van der Waals surface area (Å²) in [6.45, 7) is 13.1. The number of rotatable bonds is 14. The number of halogens is 3. The molecule has 5 atom stereocenters. The van der Waals surface area contributed by atoms with Crippen molar-refractivity contribution < 1.29 is 56.3 Å². The number of hydrogen-bond acceptors (Lipinski definition) is 15. The zero-order valence-corrected chi connectivity index (χ0v) is 40.2. The molecule has 4 aliphatic heterocycles. The van der Waals surface area contributed by atoms with E-state index in [1.54, 1.807) is 37.7 Å². The van der Waals surface area contributed by atoms with E-state index in [4.69, 9.17) is 54.6 Å². The lowest BCUT2D eigenvalue weighted by atomic mass is 9.95. The highest BCUT2D eigenvalue weighted by molar-refractivity contribution is 6.33. The molecule has 4 aromatic rings. The van der Waals surface area contributed by atoms with Crippen molar-refractivity contribution >= 4 is 45.7 Å². The maximum atomic E-state index is 17.6. The van der Waals surface area contributed by atoms with Crippen LogP contribution < -0.4 is 9.47 Å². The van der Waals surface area contributed by atoms with Gasteiger partial charge in [-0.25, -0.2) is 23.1 Å². The maximum absolute atomic E-state index is 17.6. The lowest BCUT2D eigenvalue weighted by Gasteiger charge is -2.37. The Morgan fingerprint density at radius 1 is 1.01 bits per heavy atom. The van der Waals surface area contributed by atoms with E-state index in [0.29, 0.717) is 54.6 Å². The molecule has 8 rings (SSSR count). The first kappa shape index (κ1) is 48.8. The highest BCUT2D eigenvalue weighted by atomic mass is 35.5. The molecule has 4 fully saturated rings. The summed E-state index contributed by atoms with van der Waals surface area (Å²) >= 11 is 7.12. The Morgan fingerprint density at radius 3 is 2.58 bits per heavy atom. The molecule has 0 bridgehead atoms. The molecule has 3 aromatic heterocycles. The summed E-state index contributed by atoms with van der Waals surface area (Å²) in [5.41, 5.74) is -0.748. The minimum absolute atomic E-state index is 0.0326. The third-order valence-corrected chi connectivity index (χ3v) is 12.8. The van der Waals surface area contributed by atoms with Crippen LogP contribution in [0.2, 0.25) is 5.02 Å². The molecule has 7 heterocycles. The van der Waals surface area contributed by atoms with Crippen LogP contribution in [0, 0.1) is 11.7 Å². The monoisotopic (exact) mass is 957 g/mol. The zero-order valence-electron chi connectivity index (χ0n) is 39.4. The number of hydrogen-bond donors (Lipinski definition) is 0. The number of pyridine rings is 1. The molecule has 1 amide bonds. The van der Waals surface area contributed by atoms with Gasteiger partial charge < -0.3 is 42.8 Å². The molecular formula is C47H62ClF2N7O10. The van der Waals surface area contributed by atoms with Crippen LogP contribution >= 0.6 is 11.6 Å². The van der Waals surface area contributed by atoms with Gasteiger partial charge >= 0.3 is 18.3 Å². The number of aromatic nitrogens is 5. The Hall–Kier alpha value is -4.69. The largest absolute Gasteiger partial charge is 0.508 e. The standard InChI is InChI=1S/C47H62ClF2N7O10/c1-45(2,3)66-41-33-20-51-40(38(50)39(33)53-42(54-41)64-26-47-13-10-14-56(47)23-29(49)19-47)37-31(34(48)18-35-32(37)21-52-57(35)36-11-8-9-15-61-36)12-16-62-44(59)63-25-28-17-30(65-27-60-7)24-55(22-28)43(58)67-46(4,5)6/h18,20-21,28-30,36H,8-17,19,22-27H2,1-7H3/t28-,29-,30+,36?,47+/m1/s1. The Bertz CT molecular complexity index is 2430. The van der Waals surface area contributed by atoms with Crippen molar-refractivity contribution in [3.8, 4) is 23.1 Å². The van der Waals surface area contributed by atoms with Crippen molar-refractivity contribution in [3.63, 3.8) is 0 Å². The van der Waals surface area contributed by atoms with E-state index in [1.165, 1.54) is 18.2 Å². The molecule has 0 aliphatic carbocycles. The van der Waals surface area contributed by atoms with Gasteiger partial charge in [-0.3, -0.25) is 9.88 Å². The highest BCUT2D eigenvalue weighted by Crippen LogP contribution is 2.43. The number of likely N-dealkylation sites (tertiary alicyclic amines) is 1. The molecule has 1 aromatic carbocycles. The Balaban J connectivity index is 1.07. The molecular weight excluding hydrogens is 896 g/mol. The number of amides is 1. The number of benzene rings is 1. The van der Waals surface area contributed by atoms with E-state index in [0.717, 1.165) is 38.6 Å². The molecule has 4 aliphatic rings. The van der Waals surface area contributed by atoms with Crippen molar-refractivity contribution in [3.05, 3.63) is 34.9 Å². The minimum atomic E-state index is -0.962. The molecule has 0 saturated carbocycles. The third-order valence-electron chi connectivity index (χ3n) is 12.5. The van der Waals surface area contributed by atoms with Crippen molar-refractivity contribution in [2.24, 2.45) is 5.92 Å². The molecule has 1 unspecified atom stereocenters. The van der Waals surface area contributed by atoms with Gasteiger partial charge in [0, 0.05) is 67.7 Å². The predicted octanol–water partition coefficient (Wildman–Crippen LogP) is 8.61. The van der Waals surface area contributed by atoms with Crippen LogP contribution in [0.5, 0.6) is 11.9 Å². The van der Waals surface area contributed by atoms with Gasteiger partial charge in [0.1, 0.15) is 42.0 Å². The fraction of sp³-hybridized carbons (Fsp3) is 0.660. The second-order valence-electron chi connectivity index (χ2n) is 20.0. The average Bonchev–Trinajstić information content (AvgIpc) is 3.96. The van der Waals surface area contributed by atoms with Crippen LogP contribution in [0.3, 0.4) is 0 Å². The fourth-order valence-corrected chi connectivity index (χ4v) is 9.91. The summed E-state index contributed by atoms with van der Waals surface area (Å²) in [5.74, 6) is -0.992. The van der Waals surface area contributed by atoms with Crippen LogP contribution in [0.1, 0.15) is 98.3 Å². The number of methoxy groups -OCH3 is 1. The van der Waals surface area contributed by atoms with E-state index in [2.05, 4.69) is 19.9 Å². The summed E-state index contributed by atoms with van der Waals surface area (Å²) in [5, 5.41) is 5.72. The molecule has 0 radical (unpaired) electrons. The van der Waals surface area contributed by atoms with Gasteiger partial charge in [-0.2, -0.15) is 15.1 Å². The average molecular weight is 959 g/mol. The third kappa shape index (κ3) is 11.3. The molecule has 366 valence electrons. The first-order chi connectivity index (χ1) is 31.9. The Kier molecular flexibility index (Phi) is 14.6. The van der Waals surface area contributed by atoms with Crippen molar-refractivity contribution in [2.75, 3.05) is 66.5 Å². The number of ether oxygens (including phenoxy) is 8. The van der Waals surface area contributed by atoms with E-state index >= 15 is 4.39 Å². The number of piperidine rings is 1. The second-order valence-corrected chi connectivity index (χ2v) is 20.4. The van der Waals surface area contributed by atoms with Gasteiger partial charge in [-0.05, 0) is 98.2 Å². The summed E-state index contributed by atoms with van der Waals surface area (Å²) in [6.07, 6.45) is 5.13. The minimum Gasteiger partial charge on any atom is -0.471 e. The summed E-state index contributed by atoms with van der Waals surface area (Å²) in [6, 6.07) is 1.64. The van der Waals surface area contributed by atoms with Crippen molar-refractivity contribution in [1.29, 1.82) is 0 Å². The molecule has 20 heteroatoms. The van der Waals surface area contributed by atoms with Gasteiger partial charge in [0.25, 0.3) is 0 Å². The number of nitrogens with zero attached hydrogens (tertiary/aromatic N) is 7. The van der Waals surface area contributed by atoms with Crippen LogP contribution in [-0.4, -0.2) is 142 Å². The molecule has 17 nitrogen and oxygen atoms in total. The van der Waals surface area contributed by atoms with E-state index in [1.807, 2.05) is 20.8 Å². The molecule has 0 spiro atoms. The first-order valence-corrected chi connectivity index (χ1v) is 23.5. The van der Waals surface area contributed by atoms with E-state index in [-0.39, 0.29) is 91.3 Å². The topological polar surface area (TPSA) is 171 Å². The van der Waals surface area contributed by atoms with Gasteiger partial charge in [-0.1, -0.05) is 11.6 Å². The van der Waals surface area contributed by atoms with Crippen LogP contribution in [0.15, 0.2) is 18.5 Å². The SMILES string of the molecule is COCO[C@H]1C[C@@H](COC(=O)OCCc2c(Cl)cc3c(cnn3C3CCCCO3)c2-c2ncc3c(OC(C)(C)C)nc(OC[C@@]45CCCN4C[C@H](F)C5)nc3c2F)CN(C(=O)OC(C)(C)C)C1. The molecule has 0 N–H and O–H groups in total. The zero-order chi connectivity index (χ0) is 47.7. The van der Waals surface area contributed by atoms with Crippen LogP contribution in [0.25, 0.3) is 33.1 Å². The normalized spacial score (nSPS) is 23.7. The summed E-state index contributed by atoms with van der Waals surface area (Å²) in [4.78, 5) is 43.7.